The number of aliphatic hydroxyl groups is 2. The summed E-state index contributed by atoms with van der Waals surface area (Å²) in [6.07, 6.45) is 3.60. The maximum Gasteiger partial charge on any atom is 0.123 e. The van der Waals surface area contributed by atoms with Crippen molar-refractivity contribution in [1.29, 1.82) is 0 Å². The number of hydrogen-bond acceptors (Lipinski definition) is 5. The fourth-order valence-electron chi connectivity index (χ4n) is 2.70. The molecule has 5 heteroatoms. The monoisotopic (exact) mass is 374 g/mol. The SMILES string of the molecule is C=CCc1ccc(O)c(-c2cc(CCCSCC(O)CO)ccc2O)c1. The molecule has 26 heavy (non-hydrogen) atoms. The fourth-order valence-corrected chi connectivity index (χ4v) is 3.59. The van der Waals surface area contributed by atoms with Gasteiger partial charge in [-0.15, -0.1) is 6.58 Å². The Kier molecular flexibility index (Phi) is 8.04. The first kappa shape index (κ1) is 20.4. The Labute approximate surface area is 158 Å². The van der Waals surface area contributed by atoms with Crippen LogP contribution < -0.4 is 0 Å². The van der Waals surface area contributed by atoms with Crippen LogP contribution in [-0.2, 0) is 12.8 Å². The molecule has 140 valence electrons. The van der Waals surface area contributed by atoms with Crippen molar-refractivity contribution in [3.63, 3.8) is 0 Å². The molecule has 1 unspecified atom stereocenters. The van der Waals surface area contributed by atoms with Gasteiger partial charge in [0.1, 0.15) is 11.5 Å². The number of aryl methyl sites for hydroxylation is 1. The van der Waals surface area contributed by atoms with Crippen molar-refractivity contribution in [3.8, 4) is 22.6 Å². The predicted octanol–water partition coefficient (Wildman–Crippen LogP) is 3.51. The lowest BCUT2D eigenvalue weighted by Crippen LogP contribution is -2.14. The van der Waals surface area contributed by atoms with E-state index in [1.54, 1.807) is 30.0 Å². The quantitative estimate of drug-likeness (QED) is 0.378. The second kappa shape index (κ2) is 10.3. The van der Waals surface area contributed by atoms with Gasteiger partial charge >= 0.3 is 0 Å². The van der Waals surface area contributed by atoms with Gasteiger partial charge in [-0.2, -0.15) is 11.8 Å². The van der Waals surface area contributed by atoms with Crippen molar-refractivity contribution in [2.45, 2.75) is 25.4 Å². The zero-order valence-corrected chi connectivity index (χ0v) is 15.6. The zero-order valence-electron chi connectivity index (χ0n) is 14.8. The van der Waals surface area contributed by atoms with Crippen molar-refractivity contribution in [3.05, 3.63) is 60.2 Å². The Bertz CT molecular complexity index is 730. The lowest BCUT2D eigenvalue weighted by Gasteiger charge is -2.11. The Morgan fingerprint density at radius 2 is 1.62 bits per heavy atom. The van der Waals surface area contributed by atoms with E-state index in [0.29, 0.717) is 23.3 Å². The van der Waals surface area contributed by atoms with Crippen LogP contribution in [-0.4, -0.2) is 44.6 Å². The fraction of sp³-hybridized carbons (Fsp3) is 0.333. The van der Waals surface area contributed by atoms with E-state index >= 15 is 0 Å². The van der Waals surface area contributed by atoms with Gasteiger partial charge in [-0.1, -0.05) is 18.2 Å². The van der Waals surface area contributed by atoms with Crippen LogP contribution in [0.4, 0.5) is 0 Å². The van der Waals surface area contributed by atoms with E-state index in [2.05, 4.69) is 6.58 Å². The zero-order chi connectivity index (χ0) is 18.9. The van der Waals surface area contributed by atoms with Gasteiger partial charge in [0.25, 0.3) is 0 Å². The number of aliphatic hydroxyl groups excluding tert-OH is 2. The van der Waals surface area contributed by atoms with Crippen LogP contribution >= 0.6 is 11.8 Å². The summed E-state index contributed by atoms with van der Waals surface area (Å²) in [6.45, 7) is 3.53. The molecule has 0 aliphatic rings. The van der Waals surface area contributed by atoms with E-state index in [0.717, 1.165) is 29.7 Å². The van der Waals surface area contributed by atoms with Crippen molar-refractivity contribution < 1.29 is 20.4 Å². The number of rotatable bonds is 10. The van der Waals surface area contributed by atoms with E-state index < -0.39 is 6.10 Å². The molecule has 2 aromatic rings. The molecule has 0 radical (unpaired) electrons. The van der Waals surface area contributed by atoms with Crippen LogP contribution in [0.2, 0.25) is 0 Å². The summed E-state index contributed by atoms with van der Waals surface area (Å²) in [7, 11) is 0. The first-order chi connectivity index (χ1) is 12.5. The van der Waals surface area contributed by atoms with Gasteiger partial charge in [-0.25, -0.2) is 0 Å². The number of thioether (sulfide) groups is 1. The molecule has 4 nitrogen and oxygen atoms in total. The molecule has 2 aromatic carbocycles. The lowest BCUT2D eigenvalue weighted by molar-refractivity contribution is 0.113. The van der Waals surface area contributed by atoms with E-state index in [9.17, 15) is 15.3 Å². The van der Waals surface area contributed by atoms with Crippen LogP contribution in [0.25, 0.3) is 11.1 Å². The summed E-state index contributed by atoms with van der Waals surface area (Å²) in [5.41, 5.74) is 3.34. The second-order valence-electron chi connectivity index (χ2n) is 6.21. The average molecular weight is 375 g/mol. The third kappa shape index (κ3) is 5.80. The standard InChI is InChI=1S/C21H26O4S/c1-2-4-15-6-8-20(24)18(11-15)19-12-16(7-9-21(19)25)5-3-10-26-14-17(23)13-22/h2,6-9,11-12,17,22-25H,1,3-5,10,13-14H2. The lowest BCUT2D eigenvalue weighted by atomic mass is 9.97. The summed E-state index contributed by atoms with van der Waals surface area (Å²) < 4.78 is 0. The molecule has 0 saturated carbocycles. The number of phenolic OH excluding ortho intramolecular Hbond substituents is 2. The molecule has 4 N–H and O–H groups in total. The highest BCUT2D eigenvalue weighted by molar-refractivity contribution is 7.99. The molecule has 0 spiro atoms. The van der Waals surface area contributed by atoms with Gasteiger partial charge in [-0.3, -0.25) is 0 Å². The van der Waals surface area contributed by atoms with Crippen LogP contribution in [0.1, 0.15) is 17.5 Å². The van der Waals surface area contributed by atoms with Gasteiger partial charge < -0.3 is 20.4 Å². The van der Waals surface area contributed by atoms with Crippen molar-refractivity contribution in [2.75, 3.05) is 18.1 Å². The van der Waals surface area contributed by atoms with E-state index in [1.165, 1.54) is 0 Å². The highest BCUT2D eigenvalue weighted by Crippen LogP contribution is 2.37. The summed E-state index contributed by atoms with van der Waals surface area (Å²) in [6, 6.07) is 10.8. The average Bonchev–Trinajstić information content (AvgIpc) is 2.64. The Hall–Kier alpha value is -1.95. The van der Waals surface area contributed by atoms with Crippen LogP contribution in [0.15, 0.2) is 49.1 Å². The minimum Gasteiger partial charge on any atom is -0.507 e. The molecule has 0 amide bonds. The summed E-state index contributed by atoms with van der Waals surface area (Å²) >= 11 is 1.61. The predicted molar refractivity (Wildman–Crippen MR) is 108 cm³/mol. The normalized spacial score (nSPS) is 12.1. The van der Waals surface area contributed by atoms with Crippen LogP contribution in [0.5, 0.6) is 11.5 Å². The van der Waals surface area contributed by atoms with E-state index in [1.807, 2.05) is 24.3 Å². The molecular formula is C21H26O4S. The van der Waals surface area contributed by atoms with Gasteiger partial charge in [0.15, 0.2) is 0 Å². The second-order valence-corrected chi connectivity index (χ2v) is 7.36. The number of benzene rings is 2. The molecule has 0 aliphatic carbocycles. The van der Waals surface area contributed by atoms with Gasteiger partial charge in [0, 0.05) is 16.9 Å². The first-order valence-corrected chi connectivity index (χ1v) is 9.82. The number of aromatic hydroxyl groups is 2. The third-order valence-corrected chi connectivity index (χ3v) is 5.27. The number of allylic oxidation sites excluding steroid dienone is 1. The van der Waals surface area contributed by atoms with Crippen LogP contribution in [0, 0.1) is 0 Å². The topological polar surface area (TPSA) is 80.9 Å². The molecule has 0 saturated heterocycles. The highest BCUT2D eigenvalue weighted by atomic mass is 32.2. The van der Waals surface area contributed by atoms with Crippen molar-refractivity contribution in [1.82, 2.24) is 0 Å². The highest BCUT2D eigenvalue weighted by Gasteiger charge is 2.11. The maximum atomic E-state index is 10.2. The smallest absolute Gasteiger partial charge is 0.123 e. The number of hydrogen-bond donors (Lipinski definition) is 4. The van der Waals surface area contributed by atoms with E-state index in [4.69, 9.17) is 5.11 Å². The number of phenols is 2. The van der Waals surface area contributed by atoms with E-state index in [-0.39, 0.29) is 18.1 Å². The van der Waals surface area contributed by atoms with Gasteiger partial charge in [-0.05, 0) is 60.4 Å². The molecule has 0 aromatic heterocycles. The van der Waals surface area contributed by atoms with Gasteiger partial charge in [0.05, 0.1) is 12.7 Å². The summed E-state index contributed by atoms with van der Waals surface area (Å²) in [5, 5.41) is 38.6. The summed E-state index contributed by atoms with van der Waals surface area (Å²) in [5.74, 6) is 1.69. The molecule has 0 aliphatic heterocycles. The first-order valence-electron chi connectivity index (χ1n) is 8.67. The Balaban J connectivity index is 2.08. The van der Waals surface area contributed by atoms with Gasteiger partial charge in [0.2, 0.25) is 0 Å². The summed E-state index contributed by atoms with van der Waals surface area (Å²) in [4.78, 5) is 0. The molecule has 0 bridgehead atoms. The van der Waals surface area contributed by atoms with Crippen molar-refractivity contribution >= 4 is 11.8 Å². The van der Waals surface area contributed by atoms with Crippen molar-refractivity contribution in [2.24, 2.45) is 0 Å². The molecule has 2 rings (SSSR count). The Morgan fingerprint density at radius 3 is 2.23 bits per heavy atom. The molecule has 0 heterocycles. The molecule has 0 fully saturated rings. The minimum absolute atomic E-state index is 0.138. The molecular weight excluding hydrogens is 348 g/mol. The largest absolute Gasteiger partial charge is 0.507 e. The minimum atomic E-state index is -0.661. The third-order valence-electron chi connectivity index (χ3n) is 4.07. The maximum absolute atomic E-state index is 10.2. The van der Waals surface area contributed by atoms with Crippen LogP contribution in [0.3, 0.4) is 0 Å². The Morgan fingerprint density at radius 1 is 1.00 bits per heavy atom. The molecule has 1 atom stereocenters.